The maximum Gasteiger partial charge on any atom is 0.317 e. The van der Waals surface area contributed by atoms with Gasteiger partial charge in [0.2, 0.25) is 0 Å². The number of aliphatic carboxylic acids is 1. The minimum atomic E-state index is -1.43. The van der Waals surface area contributed by atoms with Gasteiger partial charge in [0.15, 0.2) is 0 Å². The molecule has 7 heteroatoms. The minimum Gasteiger partial charge on any atom is -0.481 e. The third-order valence-electron chi connectivity index (χ3n) is 2.86. The van der Waals surface area contributed by atoms with Gasteiger partial charge < -0.3 is 20.4 Å². The number of aliphatic hydroxyl groups is 1. The van der Waals surface area contributed by atoms with Crippen LogP contribution in [-0.2, 0) is 4.79 Å². The van der Waals surface area contributed by atoms with E-state index in [1.807, 2.05) is 11.8 Å². The zero-order valence-electron chi connectivity index (χ0n) is 11.5. The number of hydrogen-bond acceptors (Lipinski definition) is 4. The van der Waals surface area contributed by atoms with Crippen molar-refractivity contribution < 1.29 is 19.8 Å². The number of thioether (sulfide) groups is 1. The van der Waals surface area contributed by atoms with Crippen molar-refractivity contribution in [1.82, 2.24) is 10.2 Å². The molecule has 3 N–H and O–H groups in total. The molecule has 0 bridgehead atoms. The maximum absolute atomic E-state index is 12.0. The molecule has 0 spiro atoms. The predicted octanol–water partition coefficient (Wildman–Crippen LogP) is 0.747. The molecule has 19 heavy (non-hydrogen) atoms. The van der Waals surface area contributed by atoms with Crippen molar-refractivity contribution in [3.63, 3.8) is 0 Å². The van der Waals surface area contributed by atoms with Crippen molar-refractivity contribution in [2.24, 2.45) is 0 Å². The van der Waals surface area contributed by atoms with Crippen LogP contribution in [0.25, 0.3) is 0 Å². The van der Waals surface area contributed by atoms with Crippen LogP contribution in [0, 0.1) is 0 Å². The summed E-state index contributed by atoms with van der Waals surface area (Å²) < 4.78 is 0. The Balaban J connectivity index is 2.44. The fourth-order valence-corrected chi connectivity index (χ4v) is 3.44. The van der Waals surface area contributed by atoms with Gasteiger partial charge in [-0.1, -0.05) is 13.8 Å². The fourth-order valence-electron chi connectivity index (χ4n) is 2.11. The highest BCUT2D eigenvalue weighted by atomic mass is 32.2. The maximum atomic E-state index is 12.0. The number of nitrogens with zero attached hydrogens (tertiary/aromatic N) is 1. The summed E-state index contributed by atoms with van der Waals surface area (Å²) in [5, 5.41) is 21.8. The molecule has 0 aromatic heterocycles. The molecule has 0 radical (unpaired) electrons. The van der Waals surface area contributed by atoms with Crippen LogP contribution >= 0.6 is 11.8 Å². The first-order valence-electron chi connectivity index (χ1n) is 6.32. The standard InChI is InChI=1S/C12H22N2O4S/c1-8-5-14(6-9(2)19-8)11(17)13-7-12(3,18)4-10(15)16/h8-9,18H,4-7H2,1-3H3,(H,13,17)(H,15,16). The first-order valence-corrected chi connectivity index (χ1v) is 7.26. The Morgan fingerprint density at radius 3 is 2.37 bits per heavy atom. The molecule has 6 nitrogen and oxygen atoms in total. The number of carboxylic acids is 1. The van der Waals surface area contributed by atoms with Crippen LogP contribution in [0.3, 0.4) is 0 Å². The molecule has 1 rings (SSSR count). The quantitative estimate of drug-likeness (QED) is 0.711. The first kappa shape index (κ1) is 16.1. The average Bonchev–Trinajstić information content (AvgIpc) is 2.22. The third-order valence-corrected chi connectivity index (χ3v) is 4.09. The van der Waals surface area contributed by atoms with Crippen LogP contribution in [0.5, 0.6) is 0 Å². The Bertz CT molecular complexity index is 339. The van der Waals surface area contributed by atoms with Crippen LogP contribution in [0.1, 0.15) is 27.2 Å². The van der Waals surface area contributed by atoms with E-state index in [2.05, 4.69) is 19.2 Å². The van der Waals surface area contributed by atoms with E-state index >= 15 is 0 Å². The Labute approximate surface area is 117 Å². The highest BCUT2D eigenvalue weighted by molar-refractivity contribution is 8.00. The summed E-state index contributed by atoms with van der Waals surface area (Å²) >= 11 is 1.85. The molecule has 3 atom stereocenters. The summed E-state index contributed by atoms with van der Waals surface area (Å²) in [5.41, 5.74) is -1.43. The Morgan fingerprint density at radius 2 is 1.89 bits per heavy atom. The van der Waals surface area contributed by atoms with Crippen molar-refractivity contribution in [1.29, 1.82) is 0 Å². The number of carbonyl (C=O) groups excluding carboxylic acids is 1. The molecule has 2 amide bonds. The van der Waals surface area contributed by atoms with Gasteiger partial charge in [-0.3, -0.25) is 4.79 Å². The van der Waals surface area contributed by atoms with E-state index in [0.29, 0.717) is 23.6 Å². The van der Waals surface area contributed by atoms with Crippen LogP contribution in [0.4, 0.5) is 4.79 Å². The SMILES string of the molecule is CC1CN(C(=O)NCC(C)(O)CC(=O)O)CC(C)S1. The lowest BCUT2D eigenvalue weighted by molar-refractivity contribution is -0.141. The fraction of sp³-hybridized carbons (Fsp3) is 0.833. The first-order chi connectivity index (χ1) is 8.69. The molecule has 1 saturated heterocycles. The molecule has 1 aliphatic heterocycles. The molecule has 1 heterocycles. The van der Waals surface area contributed by atoms with E-state index in [4.69, 9.17) is 5.11 Å². The minimum absolute atomic E-state index is 0.0649. The van der Waals surface area contributed by atoms with Crippen molar-refractivity contribution >= 4 is 23.8 Å². The molecule has 1 aliphatic rings. The highest BCUT2D eigenvalue weighted by Gasteiger charge is 2.29. The predicted molar refractivity (Wildman–Crippen MR) is 74.4 cm³/mol. The average molecular weight is 290 g/mol. The van der Waals surface area contributed by atoms with E-state index in [1.54, 1.807) is 4.90 Å². The summed E-state index contributed by atoms with van der Waals surface area (Å²) in [6.45, 7) is 6.81. The number of amides is 2. The van der Waals surface area contributed by atoms with E-state index in [9.17, 15) is 14.7 Å². The van der Waals surface area contributed by atoms with E-state index in [-0.39, 0.29) is 12.6 Å². The van der Waals surface area contributed by atoms with Gasteiger partial charge in [0.1, 0.15) is 0 Å². The van der Waals surface area contributed by atoms with Crippen molar-refractivity contribution in [3.8, 4) is 0 Å². The summed E-state index contributed by atoms with van der Waals surface area (Å²) in [6, 6.07) is -0.246. The molecule has 3 unspecified atom stereocenters. The number of hydrogen-bond donors (Lipinski definition) is 3. The van der Waals surface area contributed by atoms with Gasteiger partial charge in [0.05, 0.1) is 12.0 Å². The number of carbonyl (C=O) groups is 2. The summed E-state index contributed by atoms with van der Waals surface area (Å²) in [7, 11) is 0. The molecular weight excluding hydrogens is 268 g/mol. The van der Waals surface area contributed by atoms with Gasteiger partial charge in [-0.15, -0.1) is 0 Å². The Morgan fingerprint density at radius 1 is 1.37 bits per heavy atom. The third kappa shape index (κ3) is 5.69. The normalized spacial score (nSPS) is 26.6. The van der Waals surface area contributed by atoms with Gasteiger partial charge in [-0.2, -0.15) is 11.8 Å². The van der Waals surface area contributed by atoms with Gasteiger partial charge >= 0.3 is 12.0 Å². The zero-order chi connectivity index (χ0) is 14.6. The topological polar surface area (TPSA) is 89.9 Å². The Kier molecular flexibility index (Phi) is 5.49. The van der Waals surface area contributed by atoms with E-state index in [0.717, 1.165) is 0 Å². The van der Waals surface area contributed by atoms with Crippen LogP contribution in [0.2, 0.25) is 0 Å². The van der Waals surface area contributed by atoms with Gasteiger partial charge in [0.25, 0.3) is 0 Å². The second kappa shape index (κ2) is 6.47. The van der Waals surface area contributed by atoms with Crippen LogP contribution in [-0.4, -0.2) is 62.8 Å². The number of nitrogens with one attached hydrogen (secondary N) is 1. The lowest BCUT2D eigenvalue weighted by atomic mass is 10.0. The molecule has 0 saturated carbocycles. The van der Waals surface area contributed by atoms with Crippen molar-refractivity contribution in [2.45, 2.75) is 43.3 Å². The molecular formula is C12H22N2O4S. The van der Waals surface area contributed by atoms with E-state index in [1.165, 1.54) is 6.92 Å². The second-order valence-electron chi connectivity index (χ2n) is 5.39. The highest BCUT2D eigenvalue weighted by Crippen LogP contribution is 2.24. The van der Waals surface area contributed by atoms with E-state index < -0.39 is 18.0 Å². The van der Waals surface area contributed by atoms with Crippen LogP contribution in [0.15, 0.2) is 0 Å². The smallest absolute Gasteiger partial charge is 0.317 e. The molecule has 0 aromatic rings. The monoisotopic (exact) mass is 290 g/mol. The number of urea groups is 1. The number of carboxylic acid groups (broad SMARTS) is 1. The van der Waals surface area contributed by atoms with Gasteiger partial charge in [-0.05, 0) is 6.92 Å². The van der Waals surface area contributed by atoms with Crippen LogP contribution < -0.4 is 5.32 Å². The molecule has 110 valence electrons. The lowest BCUT2D eigenvalue weighted by Gasteiger charge is -2.35. The largest absolute Gasteiger partial charge is 0.481 e. The Hall–Kier alpha value is -0.950. The lowest BCUT2D eigenvalue weighted by Crippen LogP contribution is -2.51. The summed E-state index contributed by atoms with van der Waals surface area (Å²) in [6.07, 6.45) is -0.393. The van der Waals surface area contributed by atoms with Gasteiger partial charge in [0, 0.05) is 30.1 Å². The summed E-state index contributed by atoms with van der Waals surface area (Å²) in [4.78, 5) is 24.2. The van der Waals surface area contributed by atoms with Gasteiger partial charge in [-0.25, -0.2) is 4.79 Å². The molecule has 1 fully saturated rings. The molecule has 0 aromatic carbocycles. The number of rotatable bonds is 4. The summed E-state index contributed by atoms with van der Waals surface area (Å²) in [5.74, 6) is -1.09. The van der Waals surface area contributed by atoms with Crippen molar-refractivity contribution in [2.75, 3.05) is 19.6 Å². The zero-order valence-corrected chi connectivity index (χ0v) is 12.4. The van der Waals surface area contributed by atoms with Crippen molar-refractivity contribution in [3.05, 3.63) is 0 Å². The molecule has 0 aliphatic carbocycles. The second-order valence-corrected chi connectivity index (χ2v) is 7.27.